The molecule has 0 aliphatic heterocycles. The van der Waals surface area contributed by atoms with Crippen molar-refractivity contribution in [1.29, 1.82) is 0 Å². The summed E-state index contributed by atoms with van der Waals surface area (Å²) in [4.78, 5) is 2.58. The summed E-state index contributed by atoms with van der Waals surface area (Å²) in [6.45, 7) is 5.70. The number of rotatable bonds is 6. The van der Waals surface area contributed by atoms with Crippen molar-refractivity contribution in [2.24, 2.45) is 5.92 Å². The van der Waals surface area contributed by atoms with Gasteiger partial charge in [-0.25, -0.2) is 0 Å². The third kappa shape index (κ3) is 4.05. The fourth-order valence-electron chi connectivity index (χ4n) is 3.05. The normalized spacial score (nSPS) is 16.1. The van der Waals surface area contributed by atoms with E-state index in [9.17, 15) is 0 Å². The molecule has 0 heterocycles. The molecule has 3 heteroatoms. The van der Waals surface area contributed by atoms with E-state index < -0.39 is 0 Å². The molecule has 1 fully saturated rings. The number of halogens is 2. The molecule has 0 aromatic heterocycles. The van der Waals surface area contributed by atoms with Crippen molar-refractivity contribution in [3.05, 3.63) is 28.8 Å². The third-order valence-electron chi connectivity index (χ3n) is 4.21. The Balaban J connectivity index is 2.24. The summed E-state index contributed by atoms with van der Waals surface area (Å²) in [7, 11) is 0. The summed E-state index contributed by atoms with van der Waals surface area (Å²) in [6, 6.07) is 6.83. The fourth-order valence-corrected chi connectivity index (χ4v) is 3.46. The van der Waals surface area contributed by atoms with Gasteiger partial charge in [0.25, 0.3) is 0 Å². The Hall–Kier alpha value is -0.400. The Morgan fingerprint density at radius 1 is 1.25 bits per heavy atom. The minimum atomic E-state index is 0.529. The average Bonchev–Trinajstić information content (AvgIpc) is 2.94. The van der Waals surface area contributed by atoms with Gasteiger partial charge >= 0.3 is 0 Å². The first kappa shape index (κ1) is 16.0. The molecular formula is C17H25Cl2N. The first-order chi connectivity index (χ1) is 9.61. The molecule has 1 aliphatic carbocycles. The van der Waals surface area contributed by atoms with Gasteiger partial charge in [0.05, 0.1) is 0 Å². The van der Waals surface area contributed by atoms with Crippen molar-refractivity contribution >= 4 is 28.9 Å². The third-order valence-corrected chi connectivity index (χ3v) is 4.73. The second kappa shape index (κ2) is 7.56. The van der Waals surface area contributed by atoms with Gasteiger partial charge in [0.2, 0.25) is 0 Å². The first-order valence-electron chi connectivity index (χ1n) is 7.73. The van der Waals surface area contributed by atoms with Crippen LogP contribution in [-0.4, -0.2) is 12.6 Å². The maximum absolute atomic E-state index is 6.13. The standard InChI is InChI=1S/C17H25Cl2N/c1-13(2)9-10-20(16-5-3-4-6-16)17-8-7-15(19)11-14(17)12-18/h7-8,11,13,16H,3-6,9-10,12H2,1-2H3. The summed E-state index contributed by atoms with van der Waals surface area (Å²) in [5, 5.41) is 0.777. The van der Waals surface area contributed by atoms with E-state index in [0.717, 1.165) is 23.0 Å². The Morgan fingerprint density at radius 3 is 2.55 bits per heavy atom. The van der Waals surface area contributed by atoms with Crippen LogP contribution >= 0.6 is 23.2 Å². The number of nitrogens with zero attached hydrogens (tertiary/aromatic N) is 1. The van der Waals surface area contributed by atoms with Gasteiger partial charge in [0.1, 0.15) is 0 Å². The van der Waals surface area contributed by atoms with Gasteiger partial charge in [0.15, 0.2) is 0 Å². The molecule has 1 aromatic rings. The van der Waals surface area contributed by atoms with Crippen molar-refractivity contribution in [3.63, 3.8) is 0 Å². The second-order valence-corrected chi connectivity index (χ2v) is 6.92. The van der Waals surface area contributed by atoms with Crippen molar-refractivity contribution < 1.29 is 0 Å². The van der Waals surface area contributed by atoms with Gasteiger partial charge in [-0.2, -0.15) is 0 Å². The highest BCUT2D eigenvalue weighted by Crippen LogP contribution is 2.33. The van der Waals surface area contributed by atoms with Gasteiger partial charge in [-0.3, -0.25) is 0 Å². The zero-order valence-corrected chi connectivity index (χ0v) is 14.1. The van der Waals surface area contributed by atoms with Gasteiger partial charge in [-0.05, 0) is 48.9 Å². The van der Waals surface area contributed by atoms with Crippen LogP contribution in [0.25, 0.3) is 0 Å². The number of benzene rings is 1. The van der Waals surface area contributed by atoms with Crippen LogP contribution < -0.4 is 4.90 Å². The summed E-state index contributed by atoms with van der Waals surface area (Å²) in [5.74, 6) is 1.26. The maximum Gasteiger partial charge on any atom is 0.0495 e. The molecule has 0 saturated heterocycles. The summed E-state index contributed by atoms with van der Waals surface area (Å²) < 4.78 is 0. The van der Waals surface area contributed by atoms with E-state index in [1.807, 2.05) is 12.1 Å². The molecule has 0 bridgehead atoms. The molecule has 0 radical (unpaired) electrons. The van der Waals surface area contributed by atoms with Crippen LogP contribution in [0.1, 0.15) is 51.5 Å². The lowest BCUT2D eigenvalue weighted by molar-refractivity contribution is 0.528. The Morgan fingerprint density at radius 2 is 1.95 bits per heavy atom. The highest BCUT2D eigenvalue weighted by atomic mass is 35.5. The zero-order chi connectivity index (χ0) is 14.5. The molecule has 0 atom stereocenters. The molecule has 0 unspecified atom stereocenters. The van der Waals surface area contributed by atoms with Crippen molar-refractivity contribution in [2.75, 3.05) is 11.4 Å². The van der Waals surface area contributed by atoms with E-state index in [0.29, 0.717) is 11.9 Å². The van der Waals surface area contributed by atoms with Gasteiger partial charge in [0, 0.05) is 29.2 Å². The van der Waals surface area contributed by atoms with Crippen LogP contribution in [0.2, 0.25) is 5.02 Å². The molecule has 1 nitrogen and oxygen atoms in total. The van der Waals surface area contributed by atoms with Crippen LogP contribution in [0, 0.1) is 5.92 Å². The van der Waals surface area contributed by atoms with Crippen molar-refractivity contribution in [1.82, 2.24) is 0 Å². The lowest BCUT2D eigenvalue weighted by atomic mass is 10.1. The van der Waals surface area contributed by atoms with E-state index in [4.69, 9.17) is 23.2 Å². The van der Waals surface area contributed by atoms with Crippen LogP contribution in [0.5, 0.6) is 0 Å². The zero-order valence-electron chi connectivity index (χ0n) is 12.5. The van der Waals surface area contributed by atoms with Gasteiger partial charge < -0.3 is 4.90 Å². The minimum Gasteiger partial charge on any atom is -0.368 e. The Labute approximate surface area is 133 Å². The SMILES string of the molecule is CC(C)CCN(c1ccc(Cl)cc1CCl)C1CCCC1. The smallest absolute Gasteiger partial charge is 0.0495 e. The number of anilines is 1. The predicted octanol–water partition coefficient (Wildman–Crippen LogP) is 5.87. The molecule has 1 aromatic carbocycles. The van der Waals surface area contributed by atoms with Crippen molar-refractivity contribution in [2.45, 2.75) is 57.9 Å². The van der Waals surface area contributed by atoms with Gasteiger partial charge in [-0.15, -0.1) is 11.6 Å². The van der Waals surface area contributed by atoms with E-state index >= 15 is 0 Å². The molecular weight excluding hydrogens is 289 g/mol. The van der Waals surface area contributed by atoms with Crippen LogP contribution in [0.3, 0.4) is 0 Å². The molecule has 1 aliphatic rings. The summed E-state index contributed by atoms with van der Waals surface area (Å²) >= 11 is 12.2. The minimum absolute atomic E-state index is 0.529. The van der Waals surface area contributed by atoms with Crippen molar-refractivity contribution in [3.8, 4) is 0 Å². The molecule has 0 amide bonds. The topological polar surface area (TPSA) is 3.24 Å². The van der Waals surface area contributed by atoms with E-state index in [-0.39, 0.29) is 0 Å². The number of hydrogen-bond acceptors (Lipinski definition) is 1. The van der Waals surface area contributed by atoms with Crippen LogP contribution in [-0.2, 0) is 5.88 Å². The summed E-state index contributed by atoms with van der Waals surface area (Å²) in [6.07, 6.45) is 6.55. The van der Waals surface area contributed by atoms with E-state index in [1.54, 1.807) is 0 Å². The molecule has 0 N–H and O–H groups in total. The molecule has 20 heavy (non-hydrogen) atoms. The quantitative estimate of drug-likeness (QED) is 0.593. The molecule has 0 spiro atoms. The average molecular weight is 314 g/mol. The lowest BCUT2D eigenvalue weighted by Gasteiger charge is -2.33. The number of hydrogen-bond donors (Lipinski definition) is 0. The highest BCUT2D eigenvalue weighted by Gasteiger charge is 2.24. The maximum atomic E-state index is 6.13. The first-order valence-corrected chi connectivity index (χ1v) is 8.64. The largest absolute Gasteiger partial charge is 0.368 e. The second-order valence-electron chi connectivity index (χ2n) is 6.22. The van der Waals surface area contributed by atoms with Crippen LogP contribution in [0.15, 0.2) is 18.2 Å². The Bertz CT molecular complexity index is 425. The monoisotopic (exact) mass is 313 g/mol. The van der Waals surface area contributed by atoms with E-state index in [1.165, 1.54) is 37.8 Å². The van der Waals surface area contributed by atoms with Crippen LogP contribution in [0.4, 0.5) is 5.69 Å². The fraction of sp³-hybridized carbons (Fsp3) is 0.647. The molecule has 112 valence electrons. The Kier molecular flexibility index (Phi) is 6.04. The number of alkyl halides is 1. The molecule has 2 rings (SSSR count). The lowest BCUT2D eigenvalue weighted by Crippen LogP contribution is -2.35. The van der Waals surface area contributed by atoms with E-state index in [2.05, 4.69) is 24.8 Å². The van der Waals surface area contributed by atoms with Gasteiger partial charge in [-0.1, -0.05) is 38.3 Å². The predicted molar refractivity (Wildman–Crippen MR) is 90.1 cm³/mol. The summed E-state index contributed by atoms with van der Waals surface area (Å²) in [5.41, 5.74) is 2.45. The molecule has 1 saturated carbocycles. The highest BCUT2D eigenvalue weighted by molar-refractivity contribution is 6.30.